The summed E-state index contributed by atoms with van der Waals surface area (Å²) >= 11 is 3.25. The molecule has 0 aliphatic rings. The van der Waals surface area contributed by atoms with Gasteiger partial charge in [0.25, 0.3) is 0 Å². The predicted octanol–water partition coefficient (Wildman–Crippen LogP) is 4.31. The molecule has 0 heterocycles. The van der Waals surface area contributed by atoms with Crippen LogP contribution in [0.15, 0.2) is 23.7 Å². The highest BCUT2D eigenvalue weighted by atomic mass is 79.9. The molecule has 0 saturated heterocycles. The van der Waals surface area contributed by atoms with Gasteiger partial charge in [-0.2, -0.15) is 0 Å². The van der Waals surface area contributed by atoms with Crippen molar-refractivity contribution in [3.8, 4) is 11.8 Å². The first-order valence-corrected chi connectivity index (χ1v) is 7.26. The van der Waals surface area contributed by atoms with Gasteiger partial charge in [0.05, 0.1) is 6.61 Å². The summed E-state index contributed by atoms with van der Waals surface area (Å²) in [5.74, 6) is 6.36. The van der Waals surface area contributed by atoms with Crippen LogP contribution in [0.2, 0.25) is 0 Å². The number of hydrogen-bond acceptors (Lipinski definition) is 2. The van der Waals surface area contributed by atoms with Gasteiger partial charge in [0.1, 0.15) is 6.10 Å². The topological polar surface area (TPSA) is 18.5 Å². The smallest absolute Gasteiger partial charge is 0.123 e. The Labute approximate surface area is 126 Å². The molecule has 0 N–H and O–H groups in total. The van der Waals surface area contributed by atoms with Crippen LogP contribution in [0, 0.1) is 17.3 Å². The molecule has 0 rings (SSSR count). The summed E-state index contributed by atoms with van der Waals surface area (Å²) in [7, 11) is 1.70. The van der Waals surface area contributed by atoms with Crippen molar-refractivity contribution in [3.63, 3.8) is 0 Å². The molecule has 0 spiro atoms. The van der Waals surface area contributed by atoms with Crippen LogP contribution in [0.3, 0.4) is 0 Å². The molecule has 0 saturated carbocycles. The Morgan fingerprint density at radius 3 is 2.68 bits per heavy atom. The van der Waals surface area contributed by atoms with Crippen LogP contribution >= 0.6 is 15.9 Å². The molecule has 19 heavy (non-hydrogen) atoms. The molecular formula is C16H25BrO2. The number of allylic oxidation sites excluding steroid dienone is 1. The van der Waals surface area contributed by atoms with Crippen LogP contribution in [0.5, 0.6) is 0 Å². The monoisotopic (exact) mass is 328 g/mol. The number of methoxy groups -OCH3 is 1. The third-order valence-electron chi connectivity index (χ3n) is 2.70. The minimum Gasteiger partial charge on any atom is -0.376 e. The summed E-state index contributed by atoms with van der Waals surface area (Å²) < 4.78 is 11.7. The van der Waals surface area contributed by atoms with E-state index in [0.29, 0.717) is 13.2 Å². The van der Waals surface area contributed by atoms with E-state index in [1.165, 1.54) is 0 Å². The van der Waals surface area contributed by atoms with Crippen molar-refractivity contribution in [1.29, 1.82) is 0 Å². The largest absolute Gasteiger partial charge is 0.376 e. The first-order valence-electron chi connectivity index (χ1n) is 6.47. The molecule has 1 atom stereocenters. The number of unbranched alkanes of at least 4 members (excludes halogenated alkanes) is 1. The van der Waals surface area contributed by atoms with Gasteiger partial charge in [-0.3, -0.25) is 0 Å². The lowest BCUT2D eigenvalue weighted by molar-refractivity contribution is 0.0515. The minimum atomic E-state index is -0.0614. The van der Waals surface area contributed by atoms with Crippen LogP contribution in [-0.4, -0.2) is 26.4 Å². The van der Waals surface area contributed by atoms with Gasteiger partial charge < -0.3 is 9.47 Å². The summed E-state index contributed by atoms with van der Waals surface area (Å²) in [6.07, 6.45) is 4.48. The maximum Gasteiger partial charge on any atom is 0.123 e. The molecule has 0 aliphatic heterocycles. The third-order valence-corrected chi connectivity index (χ3v) is 2.93. The Bertz CT molecular complexity index is 336. The van der Waals surface area contributed by atoms with Crippen LogP contribution in [0.1, 0.15) is 33.1 Å². The summed E-state index contributed by atoms with van der Waals surface area (Å²) in [4.78, 5) is 0. The van der Waals surface area contributed by atoms with Crippen molar-refractivity contribution in [3.05, 3.63) is 23.7 Å². The lowest BCUT2D eigenvalue weighted by atomic mass is 9.83. The van der Waals surface area contributed by atoms with E-state index in [1.807, 2.05) is 6.08 Å². The van der Waals surface area contributed by atoms with E-state index in [2.05, 4.69) is 54.8 Å². The normalized spacial score (nSPS) is 12.4. The molecule has 0 bridgehead atoms. The highest BCUT2D eigenvalue weighted by Gasteiger charge is 2.26. The average Bonchev–Trinajstić information content (AvgIpc) is 2.31. The average molecular weight is 329 g/mol. The van der Waals surface area contributed by atoms with Crippen molar-refractivity contribution in [2.45, 2.75) is 39.2 Å². The first kappa shape index (κ1) is 18.4. The van der Waals surface area contributed by atoms with Gasteiger partial charge in [0.15, 0.2) is 0 Å². The number of hydrogen-bond donors (Lipinski definition) is 0. The summed E-state index contributed by atoms with van der Waals surface area (Å²) in [5, 5.41) is 0. The lowest BCUT2D eigenvalue weighted by Gasteiger charge is -2.28. The van der Waals surface area contributed by atoms with E-state index in [0.717, 1.165) is 23.7 Å². The van der Waals surface area contributed by atoms with Crippen LogP contribution in [0.4, 0.5) is 0 Å². The SMILES string of the molecule is C=CCC(C)(C)C(C#CCCCOCC(=C)Br)OC. The molecule has 0 radical (unpaired) electrons. The fraction of sp³-hybridized carbons (Fsp3) is 0.625. The van der Waals surface area contributed by atoms with Crippen molar-refractivity contribution in [2.24, 2.45) is 5.41 Å². The van der Waals surface area contributed by atoms with E-state index in [4.69, 9.17) is 9.47 Å². The Hall–Kier alpha value is -0.560. The quantitative estimate of drug-likeness (QED) is 0.356. The second-order valence-corrected chi connectivity index (χ2v) is 6.21. The standard InChI is InChI=1S/C16H25BrO2/c1-6-11-16(3,4)15(18-5)10-8-7-9-12-19-13-14(2)17/h6,15H,1-2,7,9,11-13H2,3-5H3. The Balaban J connectivity index is 4.03. The van der Waals surface area contributed by atoms with Gasteiger partial charge in [-0.15, -0.1) is 12.5 Å². The second kappa shape index (κ2) is 10.3. The molecule has 0 fully saturated rings. The second-order valence-electron chi connectivity index (χ2n) is 5.09. The third kappa shape index (κ3) is 9.04. The van der Waals surface area contributed by atoms with E-state index in [9.17, 15) is 0 Å². The fourth-order valence-corrected chi connectivity index (χ4v) is 1.82. The minimum absolute atomic E-state index is 0.00625. The van der Waals surface area contributed by atoms with Crippen LogP contribution < -0.4 is 0 Å². The maximum atomic E-state index is 5.46. The molecule has 2 nitrogen and oxygen atoms in total. The van der Waals surface area contributed by atoms with Gasteiger partial charge in [-0.1, -0.05) is 48.4 Å². The Morgan fingerprint density at radius 2 is 2.16 bits per heavy atom. The van der Waals surface area contributed by atoms with Crippen molar-refractivity contribution < 1.29 is 9.47 Å². The fourth-order valence-electron chi connectivity index (χ4n) is 1.66. The summed E-state index contributed by atoms with van der Waals surface area (Å²) in [6.45, 7) is 13.0. The molecule has 0 aromatic rings. The van der Waals surface area contributed by atoms with Crippen molar-refractivity contribution in [2.75, 3.05) is 20.3 Å². The Morgan fingerprint density at radius 1 is 1.47 bits per heavy atom. The molecule has 0 aliphatic carbocycles. The van der Waals surface area contributed by atoms with Gasteiger partial charge in [0, 0.05) is 30.0 Å². The van der Waals surface area contributed by atoms with E-state index in [1.54, 1.807) is 7.11 Å². The number of ether oxygens (including phenoxy) is 2. The maximum absolute atomic E-state index is 5.46. The van der Waals surface area contributed by atoms with E-state index < -0.39 is 0 Å². The molecule has 0 aromatic carbocycles. The molecule has 0 aromatic heterocycles. The first-order chi connectivity index (χ1) is 8.94. The van der Waals surface area contributed by atoms with Gasteiger partial charge >= 0.3 is 0 Å². The van der Waals surface area contributed by atoms with E-state index in [-0.39, 0.29) is 11.5 Å². The van der Waals surface area contributed by atoms with E-state index >= 15 is 0 Å². The molecular weight excluding hydrogens is 304 g/mol. The van der Waals surface area contributed by atoms with Crippen LogP contribution in [-0.2, 0) is 9.47 Å². The lowest BCUT2D eigenvalue weighted by Crippen LogP contribution is -2.29. The Kier molecular flexibility index (Phi) is 9.95. The predicted molar refractivity (Wildman–Crippen MR) is 85.3 cm³/mol. The van der Waals surface area contributed by atoms with Gasteiger partial charge in [0.2, 0.25) is 0 Å². The highest BCUT2D eigenvalue weighted by Crippen LogP contribution is 2.27. The molecule has 1 unspecified atom stereocenters. The highest BCUT2D eigenvalue weighted by molar-refractivity contribution is 9.11. The van der Waals surface area contributed by atoms with Crippen LogP contribution in [0.25, 0.3) is 0 Å². The van der Waals surface area contributed by atoms with Crippen molar-refractivity contribution >= 4 is 15.9 Å². The molecule has 3 heteroatoms. The number of rotatable bonds is 9. The zero-order valence-electron chi connectivity index (χ0n) is 12.3. The molecule has 108 valence electrons. The van der Waals surface area contributed by atoms with Crippen molar-refractivity contribution in [1.82, 2.24) is 0 Å². The zero-order valence-corrected chi connectivity index (χ0v) is 13.9. The summed E-state index contributed by atoms with van der Waals surface area (Å²) in [6, 6.07) is 0. The van der Waals surface area contributed by atoms with Gasteiger partial charge in [-0.25, -0.2) is 0 Å². The molecule has 0 amide bonds. The van der Waals surface area contributed by atoms with Gasteiger partial charge in [-0.05, 0) is 12.8 Å². The number of halogens is 1. The zero-order chi connectivity index (χ0) is 14.7. The summed E-state index contributed by atoms with van der Waals surface area (Å²) in [5.41, 5.74) is -0.00625.